The fourth-order valence-electron chi connectivity index (χ4n) is 1.69. The molecule has 0 aliphatic carbocycles. The Morgan fingerprint density at radius 3 is 2.74 bits per heavy atom. The first-order valence-electron chi connectivity index (χ1n) is 6.76. The number of amides is 1. The third-order valence-electron chi connectivity index (χ3n) is 2.78. The van der Waals surface area contributed by atoms with Gasteiger partial charge in [0.1, 0.15) is 18.2 Å². The molecule has 2 aromatic carbocycles. The standard InChI is InChI=1S/C17H14ClFN2O2/c18-9-2-10-23-16-7-5-13(6-8-16)12-20-21-17(22)14-3-1-4-15(19)11-14/h1-9,11-12H,10H2,(H,21,22)/b9-2+,20-12+. The maximum Gasteiger partial charge on any atom is 0.271 e. The Morgan fingerprint density at radius 1 is 1.26 bits per heavy atom. The van der Waals surface area contributed by atoms with Crippen molar-refractivity contribution < 1.29 is 13.9 Å². The van der Waals surface area contributed by atoms with Gasteiger partial charge in [0.15, 0.2) is 0 Å². The second-order valence-corrected chi connectivity index (χ2v) is 4.70. The van der Waals surface area contributed by atoms with E-state index in [1.807, 2.05) is 0 Å². The lowest BCUT2D eigenvalue weighted by Gasteiger charge is -2.03. The predicted octanol–water partition coefficient (Wildman–Crippen LogP) is 3.72. The molecule has 118 valence electrons. The monoisotopic (exact) mass is 332 g/mol. The van der Waals surface area contributed by atoms with Crippen molar-refractivity contribution in [2.75, 3.05) is 6.61 Å². The quantitative estimate of drug-likeness (QED) is 0.647. The highest BCUT2D eigenvalue weighted by molar-refractivity contribution is 6.25. The molecule has 2 rings (SSSR count). The number of hydrazone groups is 1. The molecule has 0 radical (unpaired) electrons. The molecule has 1 N–H and O–H groups in total. The number of hydrogen-bond acceptors (Lipinski definition) is 3. The van der Waals surface area contributed by atoms with E-state index in [-0.39, 0.29) is 5.56 Å². The molecule has 1 amide bonds. The molecule has 0 aliphatic rings. The third-order valence-corrected chi connectivity index (χ3v) is 2.96. The molecule has 0 fully saturated rings. The van der Waals surface area contributed by atoms with Crippen LogP contribution in [0.15, 0.2) is 65.2 Å². The zero-order valence-electron chi connectivity index (χ0n) is 12.1. The molecule has 0 saturated heterocycles. The van der Waals surface area contributed by atoms with Gasteiger partial charge < -0.3 is 4.74 Å². The van der Waals surface area contributed by atoms with E-state index in [0.717, 1.165) is 11.6 Å². The van der Waals surface area contributed by atoms with Gasteiger partial charge in [-0.25, -0.2) is 9.82 Å². The highest BCUT2D eigenvalue weighted by atomic mass is 35.5. The number of nitrogens with one attached hydrogen (secondary N) is 1. The highest BCUT2D eigenvalue weighted by Crippen LogP contribution is 2.11. The van der Waals surface area contributed by atoms with Gasteiger partial charge in [0.05, 0.1) is 6.21 Å². The molecule has 2 aromatic rings. The van der Waals surface area contributed by atoms with Crippen LogP contribution in [0.4, 0.5) is 4.39 Å². The van der Waals surface area contributed by atoms with Gasteiger partial charge in [-0.05, 0) is 54.1 Å². The SMILES string of the molecule is O=C(N/N=C/c1ccc(OC/C=C/Cl)cc1)c1cccc(F)c1. The molecule has 0 bridgehead atoms. The highest BCUT2D eigenvalue weighted by Gasteiger charge is 2.04. The van der Waals surface area contributed by atoms with Crippen molar-refractivity contribution in [3.8, 4) is 5.75 Å². The summed E-state index contributed by atoms with van der Waals surface area (Å²) in [6, 6.07) is 12.5. The van der Waals surface area contributed by atoms with Crippen molar-refractivity contribution in [1.29, 1.82) is 0 Å². The van der Waals surface area contributed by atoms with Crippen LogP contribution in [0.3, 0.4) is 0 Å². The van der Waals surface area contributed by atoms with Gasteiger partial charge >= 0.3 is 0 Å². The van der Waals surface area contributed by atoms with Crippen LogP contribution in [0.5, 0.6) is 5.75 Å². The summed E-state index contributed by atoms with van der Waals surface area (Å²) >= 11 is 5.40. The molecule has 0 atom stereocenters. The van der Waals surface area contributed by atoms with Crippen LogP contribution >= 0.6 is 11.6 Å². The van der Waals surface area contributed by atoms with Gasteiger partial charge in [-0.1, -0.05) is 17.7 Å². The average Bonchev–Trinajstić information content (AvgIpc) is 2.56. The number of benzene rings is 2. The lowest BCUT2D eigenvalue weighted by atomic mass is 10.2. The van der Waals surface area contributed by atoms with Gasteiger partial charge in [0.2, 0.25) is 0 Å². The van der Waals surface area contributed by atoms with E-state index in [2.05, 4.69) is 10.5 Å². The van der Waals surface area contributed by atoms with Crippen LogP contribution in [0.25, 0.3) is 0 Å². The fourth-order valence-corrected chi connectivity index (χ4v) is 1.76. The van der Waals surface area contributed by atoms with E-state index in [0.29, 0.717) is 12.4 Å². The summed E-state index contributed by atoms with van der Waals surface area (Å²) in [7, 11) is 0. The summed E-state index contributed by atoms with van der Waals surface area (Å²) in [6.45, 7) is 0.390. The minimum Gasteiger partial charge on any atom is -0.490 e. The average molecular weight is 333 g/mol. The molecule has 0 aromatic heterocycles. The molecule has 23 heavy (non-hydrogen) atoms. The van der Waals surface area contributed by atoms with E-state index in [4.69, 9.17) is 16.3 Å². The van der Waals surface area contributed by atoms with E-state index >= 15 is 0 Å². The summed E-state index contributed by atoms with van der Waals surface area (Å²) in [6.07, 6.45) is 3.17. The minimum absolute atomic E-state index is 0.207. The van der Waals surface area contributed by atoms with Crippen LogP contribution in [-0.2, 0) is 0 Å². The number of carbonyl (C=O) groups is 1. The van der Waals surface area contributed by atoms with Gasteiger partial charge in [0.25, 0.3) is 5.91 Å². The van der Waals surface area contributed by atoms with Gasteiger partial charge in [-0.2, -0.15) is 5.10 Å². The summed E-state index contributed by atoms with van der Waals surface area (Å²) in [5, 5.41) is 3.84. The third kappa shape index (κ3) is 5.56. The minimum atomic E-state index is -0.478. The summed E-state index contributed by atoms with van der Waals surface area (Å²) in [5.74, 6) is -0.254. The number of halogens is 2. The lowest BCUT2D eigenvalue weighted by Crippen LogP contribution is -2.17. The van der Waals surface area contributed by atoms with E-state index in [1.165, 1.54) is 29.9 Å². The number of ether oxygens (including phenoxy) is 1. The smallest absolute Gasteiger partial charge is 0.271 e. The molecule has 0 aliphatic heterocycles. The molecule has 4 nitrogen and oxygen atoms in total. The van der Waals surface area contributed by atoms with Crippen molar-refractivity contribution in [2.24, 2.45) is 5.10 Å². The van der Waals surface area contributed by atoms with Crippen LogP contribution in [-0.4, -0.2) is 18.7 Å². The molecule has 6 heteroatoms. The number of carbonyl (C=O) groups excluding carboxylic acids is 1. The number of rotatable bonds is 6. The normalized spacial score (nSPS) is 11.0. The number of hydrogen-bond donors (Lipinski definition) is 1. The van der Waals surface area contributed by atoms with Gasteiger partial charge in [0, 0.05) is 11.1 Å². The Hall–Kier alpha value is -2.66. The maximum absolute atomic E-state index is 13.0. The van der Waals surface area contributed by atoms with Crippen molar-refractivity contribution in [1.82, 2.24) is 5.43 Å². The fraction of sp³-hybridized carbons (Fsp3) is 0.0588. The van der Waals surface area contributed by atoms with Crippen molar-refractivity contribution >= 4 is 23.7 Å². The first kappa shape index (κ1) is 16.7. The van der Waals surface area contributed by atoms with E-state index in [9.17, 15) is 9.18 Å². The molecule has 0 spiro atoms. The van der Waals surface area contributed by atoms with Crippen LogP contribution in [0.2, 0.25) is 0 Å². The van der Waals surface area contributed by atoms with Crippen LogP contribution in [0, 0.1) is 5.82 Å². The molecular weight excluding hydrogens is 319 g/mol. The second kappa shape index (κ2) is 8.70. The summed E-state index contributed by atoms with van der Waals surface area (Å²) in [5.41, 5.74) is 4.72. The predicted molar refractivity (Wildman–Crippen MR) is 88.4 cm³/mol. The van der Waals surface area contributed by atoms with Gasteiger partial charge in [-0.3, -0.25) is 4.79 Å². The Labute approximate surface area is 138 Å². The van der Waals surface area contributed by atoms with Crippen molar-refractivity contribution in [3.05, 3.63) is 77.1 Å². The van der Waals surface area contributed by atoms with Crippen molar-refractivity contribution in [3.63, 3.8) is 0 Å². The Kier molecular flexibility index (Phi) is 6.32. The van der Waals surface area contributed by atoms with Gasteiger partial charge in [-0.15, -0.1) is 0 Å². The summed E-state index contributed by atoms with van der Waals surface area (Å²) < 4.78 is 18.4. The Morgan fingerprint density at radius 2 is 2.04 bits per heavy atom. The first-order valence-corrected chi connectivity index (χ1v) is 7.20. The Balaban J connectivity index is 1.89. The molecule has 0 unspecified atom stereocenters. The largest absolute Gasteiger partial charge is 0.490 e. The zero-order chi connectivity index (χ0) is 16.5. The Bertz CT molecular complexity index is 715. The van der Waals surface area contributed by atoms with E-state index in [1.54, 1.807) is 30.3 Å². The van der Waals surface area contributed by atoms with Crippen LogP contribution in [0.1, 0.15) is 15.9 Å². The van der Waals surface area contributed by atoms with E-state index < -0.39 is 11.7 Å². The number of nitrogens with zero attached hydrogens (tertiary/aromatic N) is 1. The lowest BCUT2D eigenvalue weighted by molar-refractivity contribution is 0.0954. The zero-order valence-corrected chi connectivity index (χ0v) is 12.8. The maximum atomic E-state index is 13.0. The topological polar surface area (TPSA) is 50.7 Å². The second-order valence-electron chi connectivity index (χ2n) is 4.45. The van der Waals surface area contributed by atoms with Crippen LogP contribution < -0.4 is 10.2 Å². The first-order chi connectivity index (χ1) is 11.2. The molecule has 0 saturated carbocycles. The molecule has 0 heterocycles. The molecular formula is C17H14ClFN2O2. The van der Waals surface area contributed by atoms with Crippen molar-refractivity contribution in [2.45, 2.75) is 0 Å². The summed E-state index contributed by atoms with van der Waals surface area (Å²) in [4.78, 5) is 11.8.